The van der Waals surface area contributed by atoms with E-state index in [-0.39, 0.29) is 11.3 Å². The number of carbonyl (C=O) groups is 1. The quantitative estimate of drug-likeness (QED) is 0.768. The first-order valence-corrected chi connectivity index (χ1v) is 7.60. The van der Waals surface area contributed by atoms with Gasteiger partial charge in [0.1, 0.15) is 0 Å². The molecule has 1 aromatic carbocycles. The number of carbonyl (C=O) groups excluding carboxylic acids is 1. The van der Waals surface area contributed by atoms with Gasteiger partial charge >= 0.3 is 0 Å². The number of hydrogen-bond acceptors (Lipinski definition) is 1. The van der Waals surface area contributed by atoms with Crippen LogP contribution >= 0.6 is 15.9 Å². The second kappa shape index (κ2) is 6.56. The highest BCUT2D eigenvalue weighted by molar-refractivity contribution is 9.10. The van der Waals surface area contributed by atoms with Crippen LogP contribution in [0.2, 0.25) is 0 Å². The number of halogens is 1. The number of rotatable bonds is 4. The monoisotopic (exact) mass is 325 g/mol. The summed E-state index contributed by atoms with van der Waals surface area (Å²) in [6.07, 6.45) is 1.53. The molecule has 0 saturated heterocycles. The minimum absolute atomic E-state index is 0.0213. The van der Waals surface area contributed by atoms with E-state index < -0.39 is 0 Å². The molecule has 3 heteroatoms. The molecule has 0 N–H and O–H groups in total. The molecule has 0 unspecified atom stereocenters. The van der Waals surface area contributed by atoms with Gasteiger partial charge in [-0.2, -0.15) is 0 Å². The molecule has 1 aromatic rings. The Hall–Kier alpha value is -0.830. The lowest BCUT2D eigenvalue weighted by atomic mass is 9.91. The van der Waals surface area contributed by atoms with E-state index in [4.69, 9.17) is 0 Å². The summed E-state index contributed by atoms with van der Waals surface area (Å²) in [7, 11) is 0. The Morgan fingerprint density at radius 1 is 1.32 bits per heavy atom. The molecule has 0 aliphatic heterocycles. The second-order valence-electron chi connectivity index (χ2n) is 6.22. The fourth-order valence-corrected chi connectivity index (χ4v) is 2.21. The summed E-state index contributed by atoms with van der Waals surface area (Å²) < 4.78 is 1.08. The molecule has 106 valence electrons. The number of anilines is 1. The maximum Gasteiger partial charge on any atom is 0.227 e. The van der Waals surface area contributed by atoms with E-state index in [0.717, 1.165) is 28.7 Å². The summed E-state index contributed by atoms with van der Waals surface area (Å²) in [5.74, 6) is 0.205. The molecule has 0 aliphatic rings. The van der Waals surface area contributed by atoms with Crippen molar-refractivity contribution in [1.82, 2.24) is 0 Å². The van der Waals surface area contributed by atoms with Crippen LogP contribution < -0.4 is 4.90 Å². The molecule has 0 fully saturated rings. The first-order valence-electron chi connectivity index (χ1n) is 6.81. The third kappa shape index (κ3) is 4.98. The zero-order valence-electron chi connectivity index (χ0n) is 12.6. The van der Waals surface area contributed by atoms with Crippen molar-refractivity contribution in [2.75, 3.05) is 11.4 Å². The van der Waals surface area contributed by atoms with E-state index in [9.17, 15) is 4.79 Å². The summed E-state index contributed by atoms with van der Waals surface area (Å²) in [6, 6.07) is 6.09. The largest absolute Gasteiger partial charge is 0.312 e. The number of benzene rings is 1. The van der Waals surface area contributed by atoms with Gasteiger partial charge in [-0.1, -0.05) is 43.6 Å². The molecule has 1 amide bonds. The number of aryl methyl sites for hydroxylation is 1. The van der Waals surface area contributed by atoms with Crippen LogP contribution in [0.4, 0.5) is 5.69 Å². The Morgan fingerprint density at radius 2 is 1.95 bits per heavy atom. The van der Waals surface area contributed by atoms with Gasteiger partial charge < -0.3 is 4.90 Å². The van der Waals surface area contributed by atoms with Crippen LogP contribution in [0.1, 0.15) is 46.1 Å². The number of nitrogens with zero attached hydrogens (tertiary/aromatic N) is 1. The molecule has 1 rings (SSSR count). The van der Waals surface area contributed by atoms with Gasteiger partial charge in [0, 0.05) is 23.1 Å². The molecule has 0 aromatic heterocycles. The van der Waals surface area contributed by atoms with Gasteiger partial charge in [-0.05, 0) is 42.5 Å². The van der Waals surface area contributed by atoms with Gasteiger partial charge in [-0.25, -0.2) is 0 Å². The lowest BCUT2D eigenvalue weighted by Gasteiger charge is -2.27. The van der Waals surface area contributed by atoms with Crippen molar-refractivity contribution < 1.29 is 4.79 Å². The molecular formula is C16H24BrNO. The molecule has 19 heavy (non-hydrogen) atoms. The predicted octanol–water partition coefficient (Wildman–Crippen LogP) is 4.94. The third-order valence-corrected chi connectivity index (χ3v) is 3.77. The zero-order valence-corrected chi connectivity index (χ0v) is 14.2. The minimum Gasteiger partial charge on any atom is -0.312 e. The normalized spacial score (nSPS) is 11.5. The first-order chi connectivity index (χ1) is 8.74. The molecule has 2 nitrogen and oxygen atoms in total. The van der Waals surface area contributed by atoms with Crippen molar-refractivity contribution >= 4 is 27.5 Å². The van der Waals surface area contributed by atoms with E-state index in [1.54, 1.807) is 0 Å². The van der Waals surface area contributed by atoms with E-state index in [0.29, 0.717) is 6.42 Å². The fraction of sp³-hybridized carbons (Fsp3) is 0.562. The van der Waals surface area contributed by atoms with E-state index in [1.807, 2.05) is 24.0 Å². The van der Waals surface area contributed by atoms with Crippen LogP contribution in [0, 0.1) is 12.3 Å². The summed E-state index contributed by atoms with van der Waals surface area (Å²) in [4.78, 5) is 14.4. The highest BCUT2D eigenvalue weighted by atomic mass is 79.9. The zero-order chi connectivity index (χ0) is 14.6. The molecule has 0 spiro atoms. The van der Waals surface area contributed by atoms with Crippen molar-refractivity contribution in [1.29, 1.82) is 0 Å². The van der Waals surface area contributed by atoms with Crippen LogP contribution in [-0.4, -0.2) is 12.5 Å². The van der Waals surface area contributed by atoms with Crippen LogP contribution in [0.25, 0.3) is 0 Å². The van der Waals surface area contributed by atoms with Crippen molar-refractivity contribution in [3.63, 3.8) is 0 Å². The van der Waals surface area contributed by atoms with Crippen LogP contribution in [0.5, 0.6) is 0 Å². The van der Waals surface area contributed by atoms with Gasteiger partial charge in [-0.3, -0.25) is 4.79 Å². The topological polar surface area (TPSA) is 20.3 Å². The highest BCUT2D eigenvalue weighted by Crippen LogP contribution is 2.26. The Labute approximate surface area is 125 Å². The van der Waals surface area contributed by atoms with Gasteiger partial charge in [0.25, 0.3) is 0 Å². The SMILES string of the molecule is CCCN(C(=O)CC(C)(C)C)c1ccc(Br)c(C)c1. The lowest BCUT2D eigenvalue weighted by Crippen LogP contribution is -2.34. The van der Waals surface area contributed by atoms with Crippen molar-refractivity contribution in [2.24, 2.45) is 5.41 Å². The lowest BCUT2D eigenvalue weighted by molar-refractivity contribution is -0.120. The molecule has 0 atom stereocenters. The van der Waals surface area contributed by atoms with Crippen LogP contribution in [-0.2, 0) is 4.79 Å². The average Bonchev–Trinajstić information content (AvgIpc) is 2.27. The Bertz CT molecular complexity index is 449. The van der Waals surface area contributed by atoms with Crippen molar-refractivity contribution in [3.05, 3.63) is 28.2 Å². The Balaban J connectivity index is 2.99. The molecule has 0 bridgehead atoms. The summed E-state index contributed by atoms with van der Waals surface area (Å²) >= 11 is 3.50. The fourth-order valence-electron chi connectivity index (χ4n) is 1.97. The molecule has 0 heterocycles. The van der Waals surface area contributed by atoms with Gasteiger partial charge in [0.05, 0.1) is 0 Å². The van der Waals surface area contributed by atoms with Crippen molar-refractivity contribution in [3.8, 4) is 0 Å². The van der Waals surface area contributed by atoms with E-state index in [2.05, 4.69) is 49.7 Å². The molecule has 0 radical (unpaired) electrons. The summed E-state index contributed by atoms with van der Waals surface area (Å²) in [5.41, 5.74) is 2.17. The maximum atomic E-state index is 12.5. The Morgan fingerprint density at radius 3 is 2.42 bits per heavy atom. The number of hydrogen-bond donors (Lipinski definition) is 0. The molecule has 0 aliphatic carbocycles. The third-order valence-electron chi connectivity index (χ3n) is 2.88. The average molecular weight is 326 g/mol. The maximum absolute atomic E-state index is 12.5. The smallest absolute Gasteiger partial charge is 0.227 e. The summed E-state index contributed by atoms with van der Waals surface area (Å²) in [6.45, 7) is 11.2. The number of amides is 1. The van der Waals surface area contributed by atoms with Crippen molar-refractivity contribution in [2.45, 2.75) is 47.5 Å². The second-order valence-corrected chi connectivity index (χ2v) is 7.07. The van der Waals surface area contributed by atoms with Gasteiger partial charge in [0.15, 0.2) is 0 Å². The molecule has 0 saturated carbocycles. The van der Waals surface area contributed by atoms with E-state index in [1.165, 1.54) is 0 Å². The Kier molecular flexibility index (Phi) is 5.60. The van der Waals surface area contributed by atoms with E-state index >= 15 is 0 Å². The van der Waals surface area contributed by atoms with Gasteiger partial charge in [0.2, 0.25) is 5.91 Å². The molecular weight excluding hydrogens is 302 g/mol. The standard InChI is InChI=1S/C16H24BrNO/c1-6-9-18(15(19)11-16(3,4)5)13-7-8-14(17)12(2)10-13/h7-8,10H,6,9,11H2,1-5H3. The summed E-state index contributed by atoms with van der Waals surface area (Å²) in [5, 5.41) is 0. The van der Waals surface area contributed by atoms with Gasteiger partial charge in [-0.15, -0.1) is 0 Å². The minimum atomic E-state index is 0.0213. The van der Waals surface area contributed by atoms with Crippen LogP contribution in [0.3, 0.4) is 0 Å². The highest BCUT2D eigenvalue weighted by Gasteiger charge is 2.22. The predicted molar refractivity (Wildman–Crippen MR) is 85.6 cm³/mol. The van der Waals surface area contributed by atoms with Crippen LogP contribution in [0.15, 0.2) is 22.7 Å². The first kappa shape index (κ1) is 16.2.